The molecular formula is C25H18ClN3O2S. The molecule has 2 N–H and O–H groups in total. The molecule has 0 saturated carbocycles. The molecule has 1 aliphatic rings. The van der Waals surface area contributed by atoms with E-state index in [1.165, 1.54) is 11.8 Å². The number of aromatic amines is 1. The predicted octanol–water partition coefficient (Wildman–Crippen LogP) is 5.87. The molecule has 0 atom stereocenters. The highest BCUT2D eigenvalue weighted by Gasteiger charge is 2.22. The Labute approximate surface area is 194 Å². The third-order valence-corrected chi connectivity index (χ3v) is 6.44. The van der Waals surface area contributed by atoms with Crippen molar-refractivity contribution in [3.63, 3.8) is 0 Å². The van der Waals surface area contributed by atoms with E-state index in [2.05, 4.69) is 10.3 Å². The molecule has 0 radical (unpaired) electrons. The van der Waals surface area contributed by atoms with Gasteiger partial charge in [0.15, 0.2) is 10.9 Å². The Morgan fingerprint density at radius 3 is 2.41 bits per heavy atom. The highest BCUT2D eigenvalue weighted by Crippen LogP contribution is 2.34. The number of nitrogens with zero attached hydrogens (tertiary/aromatic N) is 1. The third-order valence-electron chi connectivity index (χ3n) is 5.25. The SMILES string of the molecule is O=C1Cc2cc(C(=O)CSc3nc(-c4ccccc4)c(-c4ccccc4)[nH]3)c(Cl)cc2N1. The number of halogens is 1. The van der Waals surface area contributed by atoms with Crippen molar-refractivity contribution in [2.45, 2.75) is 11.6 Å². The molecule has 1 aliphatic heterocycles. The van der Waals surface area contributed by atoms with Gasteiger partial charge in [0.1, 0.15) is 0 Å². The Hall–Kier alpha value is -3.35. The summed E-state index contributed by atoms with van der Waals surface area (Å²) in [5, 5.41) is 3.74. The van der Waals surface area contributed by atoms with E-state index in [0.717, 1.165) is 28.1 Å². The summed E-state index contributed by atoms with van der Waals surface area (Å²) in [4.78, 5) is 32.7. The van der Waals surface area contributed by atoms with Crippen LogP contribution in [0.3, 0.4) is 0 Å². The number of thioether (sulfide) groups is 1. The van der Waals surface area contributed by atoms with Crippen LogP contribution in [0, 0.1) is 0 Å². The summed E-state index contributed by atoms with van der Waals surface area (Å²) in [5.74, 6) is -0.0239. The smallest absolute Gasteiger partial charge is 0.228 e. The summed E-state index contributed by atoms with van der Waals surface area (Å²) in [6, 6.07) is 23.3. The Morgan fingerprint density at radius 1 is 1.00 bits per heavy atom. The molecule has 0 fully saturated rings. The molecule has 0 unspecified atom stereocenters. The molecule has 5 rings (SSSR count). The van der Waals surface area contributed by atoms with Crippen molar-refractivity contribution in [2.24, 2.45) is 0 Å². The minimum Gasteiger partial charge on any atom is -0.332 e. The van der Waals surface area contributed by atoms with Crippen LogP contribution < -0.4 is 5.32 Å². The number of amides is 1. The van der Waals surface area contributed by atoms with Crippen LogP contribution in [0.15, 0.2) is 78.0 Å². The molecule has 5 nitrogen and oxygen atoms in total. The van der Waals surface area contributed by atoms with Crippen LogP contribution in [0.5, 0.6) is 0 Å². The maximum atomic E-state index is 12.9. The fourth-order valence-electron chi connectivity index (χ4n) is 3.71. The average molecular weight is 460 g/mol. The molecule has 0 bridgehead atoms. The van der Waals surface area contributed by atoms with Crippen molar-refractivity contribution in [3.05, 3.63) is 88.9 Å². The lowest BCUT2D eigenvalue weighted by Gasteiger charge is -2.06. The van der Waals surface area contributed by atoms with Crippen LogP contribution >= 0.6 is 23.4 Å². The van der Waals surface area contributed by atoms with E-state index in [-0.39, 0.29) is 23.9 Å². The van der Waals surface area contributed by atoms with Gasteiger partial charge in [-0.2, -0.15) is 0 Å². The number of Topliss-reactive ketones (excluding diaryl/α,β-unsaturated/α-hetero) is 1. The van der Waals surface area contributed by atoms with Crippen LogP contribution in [0.4, 0.5) is 5.69 Å². The molecule has 7 heteroatoms. The fraction of sp³-hybridized carbons (Fsp3) is 0.0800. The largest absolute Gasteiger partial charge is 0.332 e. The lowest BCUT2D eigenvalue weighted by molar-refractivity contribution is -0.115. The van der Waals surface area contributed by atoms with Gasteiger partial charge in [-0.15, -0.1) is 0 Å². The normalized spacial score (nSPS) is 12.5. The van der Waals surface area contributed by atoms with Crippen molar-refractivity contribution in [1.82, 2.24) is 9.97 Å². The van der Waals surface area contributed by atoms with Gasteiger partial charge in [-0.3, -0.25) is 9.59 Å². The Balaban J connectivity index is 1.41. The topological polar surface area (TPSA) is 74.8 Å². The first kappa shape index (κ1) is 20.5. The summed E-state index contributed by atoms with van der Waals surface area (Å²) in [5.41, 5.74) is 5.67. The lowest BCUT2D eigenvalue weighted by atomic mass is 10.1. The first-order valence-corrected chi connectivity index (χ1v) is 11.4. The Bertz CT molecular complexity index is 1260. The molecular weight excluding hydrogens is 442 g/mol. The minimum atomic E-state index is -0.110. The van der Waals surface area contributed by atoms with Gasteiger partial charge in [0.2, 0.25) is 5.91 Å². The van der Waals surface area contributed by atoms with Gasteiger partial charge >= 0.3 is 0 Å². The van der Waals surface area contributed by atoms with Crippen molar-refractivity contribution in [2.75, 3.05) is 11.1 Å². The standard InChI is InChI=1S/C25H18ClN3O2S/c26-19-13-20-17(12-22(31)27-20)11-18(19)21(30)14-32-25-28-23(15-7-3-1-4-8-15)24(29-25)16-9-5-2-6-10-16/h1-11,13H,12,14H2,(H,27,31)(H,28,29). The van der Waals surface area contributed by atoms with Crippen LogP contribution in [0.25, 0.3) is 22.5 Å². The highest BCUT2D eigenvalue weighted by molar-refractivity contribution is 7.99. The number of ketones is 1. The van der Waals surface area contributed by atoms with Crippen LogP contribution in [0.1, 0.15) is 15.9 Å². The number of anilines is 1. The second-order valence-corrected chi connectivity index (χ2v) is 8.79. The zero-order chi connectivity index (χ0) is 22.1. The second kappa shape index (κ2) is 8.65. The number of aromatic nitrogens is 2. The number of imidazole rings is 1. The second-order valence-electron chi connectivity index (χ2n) is 7.42. The highest BCUT2D eigenvalue weighted by atomic mass is 35.5. The molecule has 2 heterocycles. The molecule has 0 spiro atoms. The summed E-state index contributed by atoms with van der Waals surface area (Å²) >= 11 is 7.65. The van der Waals surface area contributed by atoms with E-state index in [1.54, 1.807) is 12.1 Å². The van der Waals surface area contributed by atoms with Gasteiger partial charge in [0, 0.05) is 22.4 Å². The molecule has 4 aromatic rings. The van der Waals surface area contributed by atoms with E-state index in [0.29, 0.717) is 21.4 Å². The van der Waals surface area contributed by atoms with Crippen molar-refractivity contribution in [1.29, 1.82) is 0 Å². The van der Waals surface area contributed by atoms with Gasteiger partial charge < -0.3 is 10.3 Å². The monoisotopic (exact) mass is 459 g/mol. The van der Waals surface area contributed by atoms with Gasteiger partial charge in [-0.1, -0.05) is 84.0 Å². The molecule has 0 aliphatic carbocycles. The van der Waals surface area contributed by atoms with E-state index < -0.39 is 0 Å². The number of rotatable bonds is 6. The number of nitrogens with one attached hydrogen (secondary N) is 2. The van der Waals surface area contributed by atoms with E-state index >= 15 is 0 Å². The van der Waals surface area contributed by atoms with Crippen LogP contribution in [-0.4, -0.2) is 27.4 Å². The fourth-order valence-corrected chi connectivity index (χ4v) is 4.73. The average Bonchev–Trinajstić information content (AvgIpc) is 3.40. The van der Waals surface area contributed by atoms with Crippen LogP contribution in [-0.2, 0) is 11.2 Å². The number of fused-ring (bicyclic) bond motifs is 1. The lowest BCUT2D eigenvalue weighted by Crippen LogP contribution is -2.04. The zero-order valence-corrected chi connectivity index (χ0v) is 18.5. The molecule has 1 amide bonds. The maximum Gasteiger partial charge on any atom is 0.228 e. The Kier molecular flexibility index (Phi) is 5.55. The van der Waals surface area contributed by atoms with Gasteiger partial charge in [0.25, 0.3) is 0 Å². The number of carbonyl (C=O) groups excluding carboxylic acids is 2. The van der Waals surface area contributed by atoms with Crippen molar-refractivity contribution < 1.29 is 9.59 Å². The molecule has 3 aromatic carbocycles. The van der Waals surface area contributed by atoms with E-state index in [9.17, 15) is 9.59 Å². The van der Waals surface area contributed by atoms with E-state index in [1.807, 2.05) is 60.7 Å². The number of hydrogen-bond acceptors (Lipinski definition) is 4. The summed E-state index contributed by atoms with van der Waals surface area (Å²) < 4.78 is 0. The number of hydrogen-bond donors (Lipinski definition) is 2. The van der Waals surface area contributed by atoms with Gasteiger partial charge in [-0.05, 0) is 17.7 Å². The molecule has 32 heavy (non-hydrogen) atoms. The molecule has 0 saturated heterocycles. The van der Waals surface area contributed by atoms with Crippen molar-refractivity contribution >= 4 is 40.7 Å². The third kappa shape index (κ3) is 4.07. The van der Waals surface area contributed by atoms with Gasteiger partial charge in [0.05, 0.1) is 28.6 Å². The summed E-state index contributed by atoms with van der Waals surface area (Å²) in [7, 11) is 0. The Morgan fingerprint density at radius 2 is 1.69 bits per heavy atom. The first-order valence-electron chi connectivity index (χ1n) is 10.1. The minimum absolute atomic E-state index is 0.0903. The molecule has 1 aromatic heterocycles. The van der Waals surface area contributed by atoms with Gasteiger partial charge in [-0.25, -0.2) is 4.98 Å². The van der Waals surface area contributed by atoms with Crippen LogP contribution in [0.2, 0.25) is 5.02 Å². The maximum absolute atomic E-state index is 12.9. The molecule has 158 valence electrons. The number of H-pyrrole nitrogens is 1. The first-order chi connectivity index (χ1) is 15.6. The quantitative estimate of drug-likeness (QED) is 0.279. The number of benzene rings is 3. The van der Waals surface area contributed by atoms with Crippen molar-refractivity contribution in [3.8, 4) is 22.5 Å². The number of carbonyl (C=O) groups is 2. The zero-order valence-electron chi connectivity index (χ0n) is 16.9. The summed E-state index contributed by atoms with van der Waals surface area (Å²) in [6.07, 6.45) is 0.263. The predicted molar refractivity (Wildman–Crippen MR) is 128 cm³/mol. The van der Waals surface area contributed by atoms with E-state index in [4.69, 9.17) is 16.6 Å². The summed E-state index contributed by atoms with van der Waals surface area (Å²) in [6.45, 7) is 0.